The van der Waals surface area contributed by atoms with Crippen molar-refractivity contribution >= 4 is 22.8 Å². The van der Waals surface area contributed by atoms with Gasteiger partial charge in [-0.2, -0.15) is 13.2 Å². The number of fused-ring (bicyclic) bond motifs is 1. The first-order valence-electron chi connectivity index (χ1n) is 13.6. The third kappa shape index (κ3) is 5.33. The lowest BCUT2D eigenvalue weighted by Crippen LogP contribution is -2.56. The Morgan fingerprint density at radius 2 is 1.68 bits per heavy atom. The summed E-state index contributed by atoms with van der Waals surface area (Å²) in [6, 6.07) is 16.5. The predicted molar refractivity (Wildman–Crippen MR) is 146 cm³/mol. The van der Waals surface area contributed by atoms with Gasteiger partial charge in [0.05, 0.1) is 16.6 Å². The molecule has 2 aliphatic carbocycles. The lowest BCUT2D eigenvalue weighted by atomic mass is 9.49. The van der Waals surface area contributed by atoms with Gasteiger partial charge in [0.25, 0.3) is 5.91 Å². The Morgan fingerprint density at radius 3 is 2.34 bits per heavy atom. The number of alkyl halides is 3. The maximum atomic E-state index is 14.7. The minimum absolute atomic E-state index is 0.0428. The molecule has 2 aliphatic rings. The Bertz CT molecular complexity index is 1630. The molecule has 3 aromatic carbocycles. The molecule has 5 nitrogen and oxygen atoms in total. The van der Waals surface area contributed by atoms with Crippen molar-refractivity contribution in [2.75, 3.05) is 0 Å². The summed E-state index contributed by atoms with van der Waals surface area (Å²) in [5, 5.41) is 12.9. The second-order valence-corrected chi connectivity index (χ2v) is 11.5. The highest BCUT2D eigenvalue weighted by Gasteiger charge is 2.53. The maximum absolute atomic E-state index is 14.7. The first-order chi connectivity index (χ1) is 19.5. The molecule has 0 aliphatic heterocycles. The number of benzene rings is 3. The third-order valence-corrected chi connectivity index (χ3v) is 8.53. The smallest absolute Gasteiger partial charge is 0.416 e. The summed E-state index contributed by atoms with van der Waals surface area (Å²) in [5.41, 5.74) is 1.89. The molecule has 9 heteroatoms. The van der Waals surface area contributed by atoms with Crippen LogP contribution in [0.5, 0.6) is 0 Å². The molecule has 2 saturated carbocycles. The van der Waals surface area contributed by atoms with Gasteiger partial charge in [-0.25, -0.2) is 4.39 Å². The highest BCUT2D eigenvalue weighted by Crippen LogP contribution is 2.59. The molecule has 212 valence electrons. The van der Waals surface area contributed by atoms with Gasteiger partial charge in [0.2, 0.25) is 0 Å². The van der Waals surface area contributed by atoms with E-state index in [1.165, 1.54) is 18.2 Å². The number of aliphatic carboxylic acids is 1. The van der Waals surface area contributed by atoms with E-state index in [9.17, 15) is 27.2 Å². The Morgan fingerprint density at radius 1 is 0.976 bits per heavy atom. The SMILES string of the molecule is O=C(O)CC1CC2(C1)CC(NC(=O)c1cc(-c3ccccc3F)cc3ccn(Cc4ccc(C(F)(F)F)cc4)c13)C2. The van der Waals surface area contributed by atoms with Gasteiger partial charge in [0, 0.05) is 36.2 Å². The fourth-order valence-corrected chi connectivity index (χ4v) is 6.74. The van der Waals surface area contributed by atoms with Crippen LogP contribution >= 0.6 is 0 Å². The number of aromatic nitrogens is 1. The molecule has 1 heterocycles. The number of nitrogens with one attached hydrogen (secondary N) is 1. The number of carboxylic acid groups (broad SMARTS) is 1. The third-order valence-electron chi connectivity index (χ3n) is 8.53. The van der Waals surface area contributed by atoms with Crippen molar-refractivity contribution < 1.29 is 32.3 Å². The number of halogens is 4. The molecule has 1 spiro atoms. The van der Waals surface area contributed by atoms with Gasteiger partial charge >= 0.3 is 12.1 Å². The van der Waals surface area contributed by atoms with Gasteiger partial charge in [-0.1, -0.05) is 30.3 Å². The van der Waals surface area contributed by atoms with E-state index >= 15 is 0 Å². The van der Waals surface area contributed by atoms with Gasteiger partial charge in [-0.05, 0) is 84.5 Å². The van der Waals surface area contributed by atoms with Gasteiger partial charge in [-0.3, -0.25) is 9.59 Å². The fourth-order valence-electron chi connectivity index (χ4n) is 6.74. The molecule has 0 radical (unpaired) electrons. The summed E-state index contributed by atoms with van der Waals surface area (Å²) in [6.45, 7) is 0.248. The number of rotatable bonds is 7. The molecule has 0 saturated heterocycles. The Kier molecular flexibility index (Phi) is 6.63. The van der Waals surface area contributed by atoms with Crippen molar-refractivity contribution in [2.24, 2.45) is 11.3 Å². The van der Waals surface area contributed by atoms with E-state index in [2.05, 4.69) is 5.32 Å². The molecule has 4 aromatic rings. The number of hydrogen-bond acceptors (Lipinski definition) is 2. The highest BCUT2D eigenvalue weighted by molar-refractivity contribution is 6.08. The topological polar surface area (TPSA) is 71.3 Å². The van der Waals surface area contributed by atoms with Gasteiger partial charge < -0.3 is 15.0 Å². The van der Waals surface area contributed by atoms with Crippen LogP contribution in [0.1, 0.15) is 53.6 Å². The van der Waals surface area contributed by atoms with E-state index in [0.717, 1.165) is 37.8 Å². The standard InChI is InChI=1S/C32H28F4N2O3/c33-27-4-2-1-3-25(27)22-12-21-9-10-38(18-19-5-7-23(8-6-19)32(34,35)36)29(21)26(13-22)30(41)37-24-16-31(17-24)14-20(15-31)11-28(39)40/h1-10,12-13,20,24H,11,14-18H2,(H,37,41)(H,39,40). The number of carboxylic acids is 1. The number of carbonyl (C=O) groups excluding carboxylic acids is 1. The van der Waals surface area contributed by atoms with Crippen LogP contribution in [0.15, 0.2) is 72.9 Å². The lowest BCUT2D eigenvalue weighted by molar-refractivity contribution is -0.142. The van der Waals surface area contributed by atoms with Gasteiger partial charge in [0.15, 0.2) is 0 Å². The molecule has 0 bridgehead atoms. The first kappa shape index (κ1) is 27.1. The largest absolute Gasteiger partial charge is 0.481 e. The van der Waals surface area contributed by atoms with Crippen molar-refractivity contribution in [1.29, 1.82) is 0 Å². The van der Waals surface area contributed by atoms with Crippen LogP contribution in [-0.2, 0) is 17.5 Å². The highest BCUT2D eigenvalue weighted by atomic mass is 19.4. The molecular weight excluding hydrogens is 536 g/mol. The summed E-state index contributed by atoms with van der Waals surface area (Å²) in [5.74, 6) is -1.31. The summed E-state index contributed by atoms with van der Waals surface area (Å²) in [6.07, 6.45) is 0.817. The van der Waals surface area contributed by atoms with Gasteiger partial charge in [-0.15, -0.1) is 0 Å². The lowest BCUT2D eigenvalue weighted by Gasteiger charge is -2.57. The molecule has 0 atom stereocenters. The molecule has 0 unspecified atom stereocenters. The zero-order valence-electron chi connectivity index (χ0n) is 22.0. The molecule has 2 N–H and O–H groups in total. The van der Waals surface area contributed by atoms with Crippen LogP contribution in [0.25, 0.3) is 22.0 Å². The number of carbonyl (C=O) groups is 2. The number of amides is 1. The van der Waals surface area contributed by atoms with Crippen molar-refractivity contribution in [3.05, 3.63) is 95.4 Å². The molecule has 41 heavy (non-hydrogen) atoms. The van der Waals surface area contributed by atoms with Crippen LogP contribution < -0.4 is 5.32 Å². The molecule has 1 aromatic heterocycles. The normalized spacial score (nSPS) is 21.9. The van der Waals surface area contributed by atoms with Crippen LogP contribution in [0.3, 0.4) is 0 Å². The minimum atomic E-state index is -4.43. The number of hydrogen-bond donors (Lipinski definition) is 2. The predicted octanol–water partition coefficient (Wildman–Crippen LogP) is 7.28. The van der Waals surface area contributed by atoms with E-state index in [1.54, 1.807) is 30.5 Å². The van der Waals surface area contributed by atoms with Crippen LogP contribution in [0.4, 0.5) is 17.6 Å². The summed E-state index contributed by atoms with van der Waals surface area (Å²) >= 11 is 0. The summed E-state index contributed by atoms with van der Waals surface area (Å²) < 4.78 is 55.6. The minimum Gasteiger partial charge on any atom is -0.481 e. The molecular formula is C32H28F4N2O3. The summed E-state index contributed by atoms with van der Waals surface area (Å²) in [7, 11) is 0. The van der Waals surface area contributed by atoms with Crippen LogP contribution in [0, 0.1) is 17.2 Å². The zero-order chi connectivity index (χ0) is 28.9. The second kappa shape index (κ2) is 10.0. The van der Waals surface area contributed by atoms with E-state index in [-0.39, 0.29) is 36.2 Å². The van der Waals surface area contributed by atoms with Crippen molar-refractivity contribution in [3.63, 3.8) is 0 Å². The second-order valence-electron chi connectivity index (χ2n) is 11.5. The van der Waals surface area contributed by atoms with Crippen LogP contribution in [0.2, 0.25) is 0 Å². The first-order valence-corrected chi connectivity index (χ1v) is 13.6. The Hall–Kier alpha value is -4.14. The van der Waals surface area contributed by atoms with Crippen molar-refractivity contribution in [3.8, 4) is 11.1 Å². The average Bonchev–Trinajstić information content (AvgIpc) is 3.28. The Balaban J connectivity index is 1.28. The molecule has 2 fully saturated rings. The fraction of sp³-hybridized carbons (Fsp3) is 0.312. The average molecular weight is 565 g/mol. The summed E-state index contributed by atoms with van der Waals surface area (Å²) in [4.78, 5) is 24.7. The zero-order valence-corrected chi connectivity index (χ0v) is 22.0. The quantitative estimate of drug-likeness (QED) is 0.232. The van der Waals surface area contributed by atoms with E-state index < -0.39 is 23.5 Å². The van der Waals surface area contributed by atoms with Crippen molar-refractivity contribution in [2.45, 2.75) is 50.9 Å². The maximum Gasteiger partial charge on any atom is 0.416 e. The number of nitrogens with zero attached hydrogens (tertiary/aromatic N) is 1. The van der Waals surface area contributed by atoms with Crippen molar-refractivity contribution in [1.82, 2.24) is 9.88 Å². The molecule has 6 rings (SSSR count). The monoisotopic (exact) mass is 564 g/mol. The van der Waals surface area contributed by atoms with Gasteiger partial charge in [0.1, 0.15) is 5.82 Å². The van der Waals surface area contributed by atoms with E-state index in [0.29, 0.717) is 33.2 Å². The van der Waals surface area contributed by atoms with Crippen LogP contribution in [-0.4, -0.2) is 27.6 Å². The van der Waals surface area contributed by atoms with E-state index in [1.807, 2.05) is 16.7 Å². The molecule has 1 amide bonds. The Labute approximate surface area is 233 Å². The van der Waals surface area contributed by atoms with E-state index in [4.69, 9.17) is 5.11 Å².